The van der Waals surface area contributed by atoms with E-state index in [-0.39, 0.29) is 0 Å². The van der Waals surface area contributed by atoms with Crippen molar-refractivity contribution in [2.45, 2.75) is 6.42 Å². The zero-order valence-corrected chi connectivity index (χ0v) is 12.8. The van der Waals surface area contributed by atoms with Gasteiger partial charge in [-0.2, -0.15) is 0 Å². The van der Waals surface area contributed by atoms with Crippen molar-refractivity contribution in [2.75, 3.05) is 44.7 Å². The predicted molar refractivity (Wildman–Crippen MR) is 81.1 cm³/mol. The second kappa shape index (κ2) is 6.51. The Labute approximate surface area is 126 Å². The molecule has 108 valence electrons. The molecule has 1 saturated heterocycles. The number of aromatic nitrogens is 3. The molecule has 2 aromatic rings. The maximum absolute atomic E-state index is 5.34. The lowest BCUT2D eigenvalue weighted by Gasteiger charge is -2.26. The van der Waals surface area contributed by atoms with E-state index >= 15 is 0 Å². The maximum atomic E-state index is 5.34. The minimum Gasteiger partial charge on any atom is -0.379 e. The van der Waals surface area contributed by atoms with Gasteiger partial charge in [0.2, 0.25) is 0 Å². The molecular formula is C13H18BrN5O. The topological polar surface area (TPSA) is 54.7 Å². The summed E-state index contributed by atoms with van der Waals surface area (Å²) >= 11 is 3.42. The molecule has 3 rings (SSSR count). The molecule has 1 fully saturated rings. The molecule has 0 atom stereocenters. The number of morpholine rings is 1. The summed E-state index contributed by atoms with van der Waals surface area (Å²) in [6, 6.07) is 0. The van der Waals surface area contributed by atoms with Crippen LogP contribution >= 0.6 is 15.9 Å². The van der Waals surface area contributed by atoms with Crippen LogP contribution in [-0.4, -0.2) is 58.7 Å². The van der Waals surface area contributed by atoms with Crippen LogP contribution in [0.3, 0.4) is 0 Å². The van der Waals surface area contributed by atoms with E-state index in [9.17, 15) is 0 Å². The van der Waals surface area contributed by atoms with Crippen LogP contribution in [0.1, 0.15) is 6.42 Å². The standard InChI is InChI=1S/C13H18BrN5O/c14-11-10-19-5-3-16-13(19)12(17-11)15-2-1-4-18-6-8-20-9-7-18/h3,5,10H,1-2,4,6-9H2,(H,15,17). The Hall–Kier alpha value is -1.18. The molecule has 2 aromatic heterocycles. The monoisotopic (exact) mass is 339 g/mol. The number of hydrogen-bond acceptors (Lipinski definition) is 5. The van der Waals surface area contributed by atoms with Gasteiger partial charge in [0.25, 0.3) is 0 Å². The van der Waals surface area contributed by atoms with Crippen molar-refractivity contribution >= 4 is 27.4 Å². The summed E-state index contributed by atoms with van der Waals surface area (Å²) in [4.78, 5) is 11.2. The zero-order chi connectivity index (χ0) is 13.8. The lowest BCUT2D eigenvalue weighted by Crippen LogP contribution is -2.37. The lowest BCUT2D eigenvalue weighted by molar-refractivity contribution is 0.0378. The Bertz CT molecular complexity index is 567. The summed E-state index contributed by atoms with van der Waals surface area (Å²) in [7, 11) is 0. The number of imidazole rings is 1. The number of ether oxygens (including phenoxy) is 1. The average molecular weight is 340 g/mol. The number of fused-ring (bicyclic) bond motifs is 1. The average Bonchev–Trinajstić information content (AvgIpc) is 2.92. The number of nitrogens with zero attached hydrogens (tertiary/aromatic N) is 4. The van der Waals surface area contributed by atoms with Crippen LogP contribution in [-0.2, 0) is 4.74 Å². The highest BCUT2D eigenvalue weighted by Gasteiger charge is 2.10. The normalized spacial score (nSPS) is 16.6. The van der Waals surface area contributed by atoms with Gasteiger partial charge in [0.15, 0.2) is 11.5 Å². The van der Waals surface area contributed by atoms with Crippen LogP contribution in [0.2, 0.25) is 0 Å². The minimum atomic E-state index is 0.804. The van der Waals surface area contributed by atoms with Crippen LogP contribution in [0.25, 0.3) is 5.65 Å². The highest BCUT2D eigenvalue weighted by Crippen LogP contribution is 2.16. The molecule has 0 unspecified atom stereocenters. The molecule has 20 heavy (non-hydrogen) atoms. The molecule has 0 aromatic carbocycles. The summed E-state index contributed by atoms with van der Waals surface area (Å²) in [5, 5.41) is 3.37. The van der Waals surface area contributed by atoms with Crippen LogP contribution < -0.4 is 5.32 Å². The number of halogens is 1. The fourth-order valence-electron chi connectivity index (χ4n) is 2.35. The van der Waals surface area contributed by atoms with Crippen molar-refractivity contribution < 1.29 is 4.74 Å². The summed E-state index contributed by atoms with van der Waals surface area (Å²) in [6.07, 6.45) is 6.69. The molecule has 1 N–H and O–H groups in total. The summed E-state index contributed by atoms with van der Waals surface area (Å²) in [5.41, 5.74) is 0.861. The Balaban J connectivity index is 1.53. The van der Waals surface area contributed by atoms with Crippen LogP contribution in [0.4, 0.5) is 5.82 Å². The second-order valence-corrected chi connectivity index (χ2v) is 5.62. The maximum Gasteiger partial charge on any atom is 0.180 e. The molecule has 0 amide bonds. The first-order valence-electron chi connectivity index (χ1n) is 6.86. The molecule has 6 nitrogen and oxygen atoms in total. The number of anilines is 1. The van der Waals surface area contributed by atoms with Gasteiger partial charge in [0.1, 0.15) is 4.60 Å². The lowest BCUT2D eigenvalue weighted by atomic mass is 10.3. The van der Waals surface area contributed by atoms with E-state index < -0.39 is 0 Å². The van der Waals surface area contributed by atoms with Crippen LogP contribution in [0.5, 0.6) is 0 Å². The third-order valence-electron chi connectivity index (χ3n) is 3.39. The van der Waals surface area contributed by atoms with Crippen molar-refractivity contribution in [2.24, 2.45) is 0 Å². The Kier molecular flexibility index (Phi) is 4.49. The SMILES string of the molecule is Brc1cn2ccnc2c(NCCCN2CCOCC2)n1. The second-order valence-electron chi connectivity index (χ2n) is 4.80. The molecule has 1 aliphatic heterocycles. The third-order valence-corrected chi connectivity index (χ3v) is 3.77. The summed E-state index contributed by atoms with van der Waals surface area (Å²) < 4.78 is 8.11. The number of hydrogen-bond donors (Lipinski definition) is 1. The van der Waals surface area contributed by atoms with E-state index in [0.29, 0.717) is 0 Å². The number of rotatable bonds is 5. The molecular weight excluding hydrogens is 322 g/mol. The Morgan fingerprint density at radius 2 is 2.20 bits per heavy atom. The van der Waals surface area contributed by atoms with E-state index in [0.717, 1.165) is 61.9 Å². The van der Waals surface area contributed by atoms with Crippen molar-refractivity contribution in [3.8, 4) is 0 Å². The van der Waals surface area contributed by atoms with Crippen molar-refractivity contribution in [1.82, 2.24) is 19.3 Å². The van der Waals surface area contributed by atoms with E-state index in [1.54, 1.807) is 6.20 Å². The first-order valence-corrected chi connectivity index (χ1v) is 7.65. The van der Waals surface area contributed by atoms with E-state index in [4.69, 9.17) is 4.74 Å². The van der Waals surface area contributed by atoms with Gasteiger partial charge in [-0.15, -0.1) is 0 Å². The first-order chi connectivity index (χ1) is 9.83. The highest BCUT2D eigenvalue weighted by atomic mass is 79.9. The van der Waals surface area contributed by atoms with Gasteiger partial charge in [-0.25, -0.2) is 9.97 Å². The van der Waals surface area contributed by atoms with Crippen LogP contribution in [0, 0.1) is 0 Å². The molecule has 1 aliphatic rings. The molecule has 0 bridgehead atoms. The molecule has 7 heteroatoms. The molecule has 3 heterocycles. The molecule has 0 radical (unpaired) electrons. The van der Waals surface area contributed by atoms with Gasteiger partial charge in [0, 0.05) is 38.2 Å². The van der Waals surface area contributed by atoms with Gasteiger partial charge in [-0.1, -0.05) is 0 Å². The van der Waals surface area contributed by atoms with Gasteiger partial charge in [-0.05, 0) is 28.9 Å². The first kappa shape index (κ1) is 13.8. The van der Waals surface area contributed by atoms with Gasteiger partial charge in [-0.3, -0.25) is 4.90 Å². The molecule has 0 saturated carbocycles. The fourth-order valence-corrected chi connectivity index (χ4v) is 2.75. The largest absolute Gasteiger partial charge is 0.379 e. The quantitative estimate of drug-likeness (QED) is 0.839. The molecule has 0 aliphatic carbocycles. The smallest absolute Gasteiger partial charge is 0.180 e. The van der Waals surface area contributed by atoms with Crippen LogP contribution in [0.15, 0.2) is 23.2 Å². The Morgan fingerprint density at radius 1 is 1.35 bits per heavy atom. The fraction of sp³-hybridized carbons (Fsp3) is 0.538. The zero-order valence-electron chi connectivity index (χ0n) is 11.3. The Morgan fingerprint density at radius 3 is 3.05 bits per heavy atom. The van der Waals surface area contributed by atoms with Crippen molar-refractivity contribution in [1.29, 1.82) is 0 Å². The van der Waals surface area contributed by atoms with Crippen molar-refractivity contribution in [3.05, 3.63) is 23.2 Å². The van der Waals surface area contributed by atoms with Gasteiger partial charge < -0.3 is 14.5 Å². The number of nitrogens with one attached hydrogen (secondary N) is 1. The van der Waals surface area contributed by atoms with Gasteiger partial charge in [0.05, 0.1) is 13.2 Å². The molecule has 0 spiro atoms. The minimum absolute atomic E-state index is 0.804. The van der Waals surface area contributed by atoms with E-state index in [1.807, 2.05) is 16.8 Å². The van der Waals surface area contributed by atoms with E-state index in [2.05, 4.69) is 36.1 Å². The van der Waals surface area contributed by atoms with E-state index in [1.165, 1.54) is 0 Å². The highest BCUT2D eigenvalue weighted by molar-refractivity contribution is 9.10. The summed E-state index contributed by atoms with van der Waals surface area (Å²) in [6.45, 7) is 5.78. The van der Waals surface area contributed by atoms with Crippen molar-refractivity contribution in [3.63, 3.8) is 0 Å². The third kappa shape index (κ3) is 3.28. The van der Waals surface area contributed by atoms with Gasteiger partial charge >= 0.3 is 0 Å². The predicted octanol–water partition coefficient (Wildman–Crippen LogP) is 1.63. The summed E-state index contributed by atoms with van der Waals surface area (Å²) in [5.74, 6) is 0.825.